The molecule has 0 atom stereocenters. The zero-order valence-electron chi connectivity index (χ0n) is 17.8. The van der Waals surface area contributed by atoms with E-state index < -0.39 is 0 Å². The smallest absolute Gasteiger partial charge is 0.203 e. The number of nitrogens with one attached hydrogen (secondary N) is 1. The zero-order chi connectivity index (χ0) is 22.7. The SMILES string of the molecule is COc1cc(CNc2nc(-c3ccc(Br)cc3)nc3ccc(Cl)cc23)cc(OC)c1OC. The topological polar surface area (TPSA) is 65.5 Å². The first-order valence-electron chi connectivity index (χ1n) is 9.78. The Bertz CT molecular complexity index is 1240. The Balaban J connectivity index is 1.73. The van der Waals surface area contributed by atoms with E-state index in [4.69, 9.17) is 35.8 Å². The number of fused-ring (bicyclic) bond motifs is 1. The Hall–Kier alpha value is -3.03. The fourth-order valence-electron chi connectivity index (χ4n) is 3.39. The van der Waals surface area contributed by atoms with Crippen molar-refractivity contribution < 1.29 is 14.2 Å². The number of halogens is 2. The standard InChI is InChI=1S/C24H21BrClN3O3/c1-30-20-10-14(11-21(31-2)22(20)32-3)13-27-24-18-12-17(26)8-9-19(18)28-23(29-24)15-4-6-16(25)7-5-15/h4-12H,13H2,1-3H3,(H,27,28,29). The normalized spacial score (nSPS) is 10.8. The molecule has 0 bridgehead atoms. The lowest BCUT2D eigenvalue weighted by molar-refractivity contribution is 0.324. The first-order valence-corrected chi connectivity index (χ1v) is 11.0. The molecule has 164 valence electrons. The van der Waals surface area contributed by atoms with Crippen LogP contribution in [0.4, 0.5) is 5.82 Å². The summed E-state index contributed by atoms with van der Waals surface area (Å²) in [6, 6.07) is 17.3. The maximum atomic E-state index is 6.26. The number of nitrogens with zero attached hydrogens (tertiary/aromatic N) is 2. The van der Waals surface area contributed by atoms with E-state index in [9.17, 15) is 0 Å². The van der Waals surface area contributed by atoms with Crippen LogP contribution in [-0.4, -0.2) is 31.3 Å². The van der Waals surface area contributed by atoms with Crippen LogP contribution in [-0.2, 0) is 6.54 Å². The Kier molecular flexibility index (Phi) is 6.67. The number of aromatic nitrogens is 2. The van der Waals surface area contributed by atoms with Gasteiger partial charge in [-0.05, 0) is 48.0 Å². The lowest BCUT2D eigenvalue weighted by Crippen LogP contribution is -2.05. The molecule has 0 saturated carbocycles. The van der Waals surface area contributed by atoms with Gasteiger partial charge >= 0.3 is 0 Å². The van der Waals surface area contributed by atoms with Gasteiger partial charge in [-0.2, -0.15) is 0 Å². The summed E-state index contributed by atoms with van der Waals surface area (Å²) in [5.41, 5.74) is 2.66. The van der Waals surface area contributed by atoms with Crippen LogP contribution in [0.15, 0.2) is 59.1 Å². The van der Waals surface area contributed by atoms with Crippen molar-refractivity contribution in [2.75, 3.05) is 26.6 Å². The molecular formula is C24H21BrClN3O3. The summed E-state index contributed by atoms with van der Waals surface area (Å²) >= 11 is 9.73. The predicted molar refractivity (Wildman–Crippen MR) is 131 cm³/mol. The van der Waals surface area contributed by atoms with Gasteiger partial charge in [0, 0.05) is 27.0 Å². The number of rotatable bonds is 7. The number of ether oxygens (including phenoxy) is 3. The summed E-state index contributed by atoms with van der Waals surface area (Å²) in [4.78, 5) is 9.52. The van der Waals surface area contributed by atoms with Gasteiger partial charge in [0.1, 0.15) is 5.82 Å². The van der Waals surface area contributed by atoms with Crippen molar-refractivity contribution in [3.05, 3.63) is 69.7 Å². The van der Waals surface area contributed by atoms with Crippen molar-refractivity contribution in [2.45, 2.75) is 6.54 Å². The highest BCUT2D eigenvalue weighted by molar-refractivity contribution is 9.10. The van der Waals surface area contributed by atoms with Crippen LogP contribution in [0.2, 0.25) is 5.02 Å². The molecule has 3 aromatic carbocycles. The fourth-order valence-corrected chi connectivity index (χ4v) is 3.82. The number of methoxy groups -OCH3 is 3. The van der Waals surface area contributed by atoms with Gasteiger partial charge in [0.2, 0.25) is 5.75 Å². The van der Waals surface area contributed by atoms with E-state index in [2.05, 4.69) is 21.2 Å². The quantitative estimate of drug-likeness (QED) is 0.310. The molecule has 0 aliphatic heterocycles. The summed E-state index contributed by atoms with van der Waals surface area (Å²) < 4.78 is 17.3. The van der Waals surface area contributed by atoms with E-state index in [1.807, 2.05) is 54.6 Å². The average molecular weight is 515 g/mol. The van der Waals surface area contributed by atoms with Gasteiger partial charge in [-0.3, -0.25) is 0 Å². The molecule has 1 N–H and O–H groups in total. The molecular weight excluding hydrogens is 494 g/mol. The summed E-state index contributed by atoms with van der Waals surface area (Å²) in [6.45, 7) is 0.481. The van der Waals surface area contributed by atoms with E-state index in [0.717, 1.165) is 26.5 Å². The molecule has 0 aliphatic carbocycles. The molecule has 0 spiro atoms. The van der Waals surface area contributed by atoms with Crippen LogP contribution in [0, 0.1) is 0 Å². The third-order valence-electron chi connectivity index (χ3n) is 4.94. The van der Waals surface area contributed by atoms with Crippen LogP contribution < -0.4 is 19.5 Å². The molecule has 4 aromatic rings. The maximum Gasteiger partial charge on any atom is 0.203 e. The highest BCUT2D eigenvalue weighted by Crippen LogP contribution is 2.38. The Morgan fingerprint density at radius 3 is 2.19 bits per heavy atom. The molecule has 0 aliphatic rings. The lowest BCUT2D eigenvalue weighted by Gasteiger charge is -2.15. The minimum atomic E-state index is 0.481. The summed E-state index contributed by atoms with van der Waals surface area (Å²) in [5.74, 6) is 3.05. The van der Waals surface area contributed by atoms with Crippen molar-refractivity contribution in [1.82, 2.24) is 9.97 Å². The van der Waals surface area contributed by atoms with Crippen LogP contribution >= 0.6 is 27.5 Å². The van der Waals surface area contributed by atoms with Gasteiger partial charge in [0.15, 0.2) is 17.3 Å². The van der Waals surface area contributed by atoms with Crippen molar-refractivity contribution in [1.29, 1.82) is 0 Å². The zero-order valence-corrected chi connectivity index (χ0v) is 20.1. The van der Waals surface area contributed by atoms with Gasteiger partial charge in [-0.25, -0.2) is 9.97 Å². The van der Waals surface area contributed by atoms with E-state index in [0.29, 0.717) is 40.5 Å². The summed E-state index contributed by atoms with van der Waals surface area (Å²) in [6.07, 6.45) is 0. The molecule has 1 heterocycles. The van der Waals surface area contributed by atoms with Crippen molar-refractivity contribution in [3.8, 4) is 28.6 Å². The fraction of sp³-hybridized carbons (Fsp3) is 0.167. The molecule has 8 heteroatoms. The van der Waals surface area contributed by atoms with Crippen LogP contribution in [0.3, 0.4) is 0 Å². The van der Waals surface area contributed by atoms with Crippen LogP contribution in [0.5, 0.6) is 17.2 Å². The molecule has 0 radical (unpaired) electrons. The largest absolute Gasteiger partial charge is 0.493 e. The summed E-state index contributed by atoms with van der Waals surface area (Å²) in [7, 11) is 4.77. The molecule has 32 heavy (non-hydrogen) atoms. The van der Waals surface area contributed by atoms with Crippen molar-refractivity contribution in [2.24, 2.45) is 0 Å². The number of anilines is 1. The third kappa shape index (κ3) is 4.59. The van der Waals surface area contributed by atoms with E-state index in [1.165, 1.54) is 0 Å². The van der Waals surface area contributed by atoms with Crippen LogP contribution in [0.1, 0.15) is 5.56 Å². The molecule has 0 saturated heterocycles. The highest BCUT2D eigenvalue weighted by Gasteiger charge is 2.15. The average Bonchev–Trinajstić information content (AvgIpc) is 2.82. The van der Waals surface area contributed by atoms with Gasteiger partial charge < -0.3 is 19.5 Å². The Morgan fingerprint density at radius 2 is 1.56 bits per heavy atom. The second-order valence-corrected chi connectivity index (χ2v) is 8.30. The van der Waals surface area contributed by atoms with E-state index in [1.54, 1.807) is 21.3 Å². The Labute approximate surface area is 199 Å². The van der Waals surface area contributed by atoms with Crippen molar-refractivity contribution in [3.63, 3.8) is 0 Å². The van der Waals surface area contributed by atoms with Gasteiger partial charge in [0.05, 0.1) is 26.8 Å². The van der Waals surface area contributed by atoms with Crippen LogP contribution in [0.25, 0.3) is 22.3 Å². The predicted octanol–water partition coefficient (Wildman–Crippen LogP) is 6.35. The molecule has 0 unspecified atom stereocenters. The second-order valence-electron chi connectivity index (χ2n) is 6.95. The summed E-state index contributed by atoms with van der Waals surface area (Å²) in [5, 5.41) is 4.88. The first-order chi connectivity index (χ1) is 15.5. The van der Waals surface area contributed by atoms with E-state index in [-0.39, 0.29) is 0 Å². The van der Waals surface area contributed by atoms with Gasteiger partial charge in [-0.15, -0.1) is 0 Å². The monoisotopic (exact) mass is 513 g/mol. The minimum absolute atomic E-state index is 0.481. The molecule has 0 fully saturated rings. The number of hydrogen-bond donors (Lipinski definition) is 1. The number of hydrogen-bond acceptors (Lipinski definition) is 6. The first kappa shape index (κ1) is 22.2. The van der Waals surface area contributed by atoms with E-state index >= 15 is 0 Å². The number of benzene rings is 3. The highest BCUT2D eigenvalue weighted by atomic mass is 79.9. The molecule has 4 rings (SSSR count). The lowest BCUT2D eigenvalue weighted by atomic mass is 10.1. The molecule has 1 aromatic heterocycles. The van der Waals surface area contributed by atoms with Crippen molar-refractivity contribution >= 4 is 44.3 Å². The van der Waals surface area contributed by atoms with Gasteiger partial charge in [-0.1, -0.05) is 39.7 Å². The van der Waals surface area contributed by atoms with Gasteiger partial charge in [0.25, 0.3) is 0 Å². The maximum absolute atomic E-state index is 6.26. The molecule has 6 nitrogen and oxygen atoms in total. The molecule has 0 amide bonds. The second kappa shape index (κ2) is 9.63. The minimum Gasteiger partial charge on any atom is -0.493 e. The Morgan fingerprint density at radius 1 is 0.875 bits per heavy atom. The third-order valence-corrected chi connectivity index (χ3v) is 5.71.